The lowest BCUT2D eigenvalue weighted by Gasteiger charge is -2.37. The Kier molecular flexibility index (Phi) is 8.94. The van der Waals surface area contributed by atoms with Crippen LogP contribution in [0.2, 0.25) is 0 Å². The highest BCUT2D eigenvalue weighted by Gasteiger charge is 2.33. The minimum absolute atomic E-state index is 0.117. The van der Waals surface area contributed by atoms with Crippen LogP contribution in [0.15, 0.2) is 91.0 Å². The van der Waals surface area contributed by atoms with Crippen molar-refractivity contribution in [2.75, 3.05) is 13.1 Å². The van der Waals surface area contributed by atoms with E-state index < -0.39 is 17.8 Å². The summed E-state index contributed by atoms with van der Waals surface area (Å²) in [5.74, 6) is 0.780. The average Bonchev–Trinajstić information content (AvgIpc) is 3.38. The number of β-amino-alcohol motifs (C(OH)–C–C–N with tert-alkyl or cyclic N) is 1. The van der Waals surface area contributed by atoms with Crippen molar-refractivity contribution in [2.45, 2.75) is 58.0 Å². The predicted molar refractivity (Wildman–Crippen MR) is 177 cm³/mol. The summed E-state index contributed by atoms with van der Waals surface area (Å²) in [6.45, 7) is 7.00. The van der Waals surface area contributed by atoms with Gasteiger partial charge in [0.15, 0.2) is 0 Å². The lowest BCUT2D eigenvalue weighted by molar-refractivity contribution is -0.00151. The monoisotopic (exact) mass is 620 g/mol. The zero-order chi connectivity index (χ0) is 32.3. The van der Waals surface area contributed by atoms with Crippen molar-refractivity contribution in [3.8, 4) is 23.0 Å². The number of piperidine rings is 1. The smallest absolute Gasteiger partial charge is 0.410 e. The zero-order valence-corrected chi connectivity index (χ0v) is 26.7. The number of amides is 1. The number of aliphatic hydroxyl groups excluding tert-OH is 1. The van der Waals surface area contributed by atoms with E-state index in [1.54, 1.807) is 4.90 Å². The molecular formula is C37H40N4O5. The van der Waals surface area contributed by atoms with Crippen molar-refractivity contribution in [1.29, 1.82) is 0 Å². The van der Waals surface area contributed by atoms with Crippen LogP contribution in [0.3, 0.4) is 0 Å². The third kappa shape index (κ3) is 7.15. The molecule has 1 aliphatic rings. The van der Waals surface area contributed by atoms with Gasteiger partial charge in [-0.1, -0.05) is 72.8 Å². The maximum Gasteiger partial charge on any atom is 0.410 e. The summed E-state index contributed by atoms with van der Waals surface area (Å²) in [4.78, 5) is 19.0. The highest BCUT2D eigenvalue weighted by molar-refractivity contribution is 5.95. The number of nitrogens with zero attached hydrogens (tertiary/aromatic N) is 4. The molecule has 0 radical (unpaired) electrons. The normalized spacial score (nSPS) is 16.8. The van der Waals surface area contributed by atoms with Crippen molar-refractivity contribution >= 4 is 17.0 Å². The van der Waals surface area contributed by atoms with Gasteiger partial charge in [0.05, 0.1) is 23.7 Å². The standard InChI is InChI=1S/C37H40N4O5/c1-37(2,3)46-36(43)41-20-19-28(32(42)22-41)27-15-16-29-31(21-27)40(4)39-34(29)30-17-18-33(44-23-25-11-7-5-8-12-25)38-35(30)45-24-26-13-9-6-10-14-26/h5-18,21,28,32,42H,19-20,22-24H2,1-4H3/t28?,32-/m0/s1. The van der Waals surface area contributed by atoms with Crippen LogP contribution < -0.4 is 9.47 Å². The molecule has 0 bridgehead atoms. The second-order valence-electron chi connectivity index (χ2n) is 12.7. The molecule has 1 saturated heterocycles. The van der Waals surface area contributed by atoms with Crippen LogP contribution in [-0.4, -0.2) is 55.7 Å². The summed E-state index contributed by atoms with van der Waals surface area (Å²) in [5.41, 5.74) is 4.92. The maximum absolute atomic E-state index is 12.6. The van der Waals surface area contributed by atoms with E-state index in [9.17, 15) is 9.90 Å². The molecule has 6 rings (SSSR count). The van der Waals surface area contributed by atoms with E-state index in [1.165, 1.54) is 0 Å². The van der Waals surface area contributed by atoms with Gasteiger partial charge in [-0.3, -0.25) is 4.68 Å². The first kappa shape index (κ1) is 31.1. The molecular weight excluding hydrogens is 580 g/mol. The number of benzene rings is 3. The number of aliphatic hydroxyl groups is 1. The molecule has 3 heterocycles. The summed E-state index contributed by atoms with van der Waals surface area (Å²) < 4.78 is 19.7. The minimum atomic E-state index is -0.711. The first-order valence-corrected chi connectivity index (χ1v) is 15.6. The molecule has 1 aliphatic heterocycles. The zero-order valence-electron chi connectivity index (χ0n) is 26.7. The topological polar surface area (TPSA) is 98.9 Å². The van der Waals surface area contributed by atoms with Gasteiger partial charge in [-0.15, -0.1) is 0 Å². The van der Waals surface area contributed by atoms with Crippen LogP contribution in [0, 0.1) is 0 Å². The molecule has 1 amide bonds. The molecule has 3 aromatic carbocycles. The van der Waals surface area contributed by atoms with E-state index >= 15 is 0 Å². The Labute approximate surface area is 269 Å². The van der Waals surface area contributed by atoms with Gasteiger partial charge >= 0.3 is 6.09 Å². The van der Waals surface area contributed by atoms with E-state index in [0.717, 1.165) is 38.9 Å². The summed E-state index contributed by atoms with van der Waals surface area (Å²) in [6, 6.07) is 29.9. The Bertz CT molecular complexity index is 1800. The molecule has 9 heteroatoms. The van der Waals surface area contributed by atoms with E-state index in [4.69, 9.17) is 24.3 Å². The van der Waals surface area contributed by atoms with Gasteiger partial charge in [0.25, 0.3) is 0 Å². The molecule has 9 nitrogen and oxygen atoms in total. The summed E-state index contributed by atoms with van der Waals surface area (Å²) in [5, 5.41) is 16.9. The third-order valence-electron chi connectivity index (χ3n) is 8.08. The van der Waals surface area contributed by atoms with E-state index in [0.29, 0.717) is 37.9 Å². The molecule has 46 heavy (non-hydrogen) atoms. The number of fused-ring (bicyclic) bond motifs is 1. The Balaban J connectivity index is 1.26. The number of ether oxygens (including phenoxy) is 3. The Morgan fingerprint density at radius 3 is 2.24 bits per heavy atom. The number of hydrogen-bond donors (Lipinski definition) is 1. The number of aryl methyl sites for hydroxylation is 1. The van der Waals surface area contributed by atoms with Crippen molar-refractivity contribution in [3.63, 3.8) is 0 Å². The number of hydrogen-bond acceptors (Lipinski definition) is 7. The molecule has 0 saturated carbocycles. The van der Waals surface area contributed by atoms with Gasteiger partial charge < -0.3 is 24.2 Å². The Hall–Kier alpha value is -4.89. The molecule has 238 valence electrons. The van der Waals surface area contributed by atoms with Crippen molar-refractivity contribution in [1.82, 2.24) is 19.7 Å². The van der Waals surface area contributed by atoms with Gasteiger partial charge in [0.2, 0.25) is 11.8 Å². The Morgan fingerprint density at radius 1 is 0.913 bits per heavy atom. The maximum atomic E-state index is 12.6. The SMILES string of the molecule is Cn1nc(-c2ccc(OCc3ccccc3)nc2OCc2ccccc2)c2ccc(C3CCN(C(=O)OC(C)(C)C)C[C@@H]3O)cc21. The van der Waals surface area contributed by atoms with Crippen LogP contribution in [0.4, 0.5) is 4.79 Å². The van der Waals surface area contributed by atoms with Gasteiger partial charge in [0.1, 0.15) is 24.5 Å². The van der Waals surface area contributed by atoms with Crippen molar-refractivity contribution in [2.24, 2.45) is 7.05 Å². The van der Waals surface area contributed by atoms with Crippen molar-refractivity contribution in [3.05, 3.63) is 108 Å². The largest absolute Gasteiger partial charge is 0.473 e. The number of aromatic nitrogens is 3. The number of rotatable bonds is 8. The third-order valence-corrected chi connectivity index (χ3v) is 8.08. The summed E-state index contributed by atoms with van der Waals surface area (Å²) in [7, 11) is 1.91. The highest BCUT2D eigenvalue weighted by atomic mass is 16.6. The molecule has 1 unspecified atom stereocenters. The number of carbonyl (C=O) groups excluding carboxylic acids is 1. The van der Waals surface area contributed by atoms with E-state index in [2.05, 4.69) is 6.07 Å². The van der Waals surface area contributed by atoms with Crippen molar-refractivity contribution < 1.29 is 24.1 Å². The second-order valence-corrected chi connectivity index (χ2v) is 12.7. The molecule has 2 aromatic heterocycles. The first-order chi connectivity index (χ1) is 22.1. The minimum Gasteiger partial charge on any atom is -0.473 e. The lowest BCUT2D eigenvalue weighted by Crippen LogP contribution is -2.47. The van der Waals surface area contributed by atoms with E-state index in [-0.39, 0.29) is 12.5 Å². The summed E-state index contributed by atoms with van der Waals surface area (Å²) in [6.07, 6.45) is -0.480. The van der Waals surface area contributed by atoms with Gasteiger partial charge in [-0.25, -0.2) is 4.79 Å². The molecule has 2 atom stereocenters. The molecule has 0 spiro atoms. The molecule has 0 aliphatic carbocycles. The fourth-order valence-electron chi connectivity index (χ4n) is 5.77. The Morgan fingerprint density at radius 2 is 1.59 bits per heavy atom. The summed E-state index contributed by atoms with van der Waals surface area (Å²) >= 11 is 0. The fourth-order valence-corrected chi connectivity index (χ4v) is 5.77. The quantitative estimate of drug-likeness (QED) is 0.202. The van der Waals surface area contributed by atoms with Crippen LogP contribution in [0.5, 0.6) is 11.8 Å². The van der Waals surface area contributed by atoms with E-state index in [1.807, 2.05) is 117 Å². The van der Waals surface area contributed by atoms with Gasteiger partial charge in [-0.2, -0.15) is 10.1 Å². The first-order valence-electron chi connectivity index (χ1n) is 15.6. The molecule has 5 aromatic rings. The number of carbonyl (C=O) groups is 1. The highest BCUT2D eigenvalue weighted by Crippen LogP contribution is 2.37. The van der Waals surface area contributed by atoms with Crippen LogP contribution in [0.25, 0.3) is 22.2 Å². The van der Waals surface area contributed by atoms with Gasteiger partial charge in [0, 0.05) is 31.0 Å². The number of likely N-dealkylation sites (tertiary alicyclic amines) is 1. The van der Waals surface area contributed by atoms with Crippen LogP contribution in [-0.2, 0) is 25.0 Å². The average molecular weight is 621 g/mol. The lowest BCUT2D eigenvalue weighted by atomic mass is 9.86. The second kappa shape index (κ2) is 13.2. The van der Waals surface area contributed by atoms with Gasteiger partial charge in [-0.05, 0) is 56.0 Å². The van der Waals surface area contributed by atoms with Crippen LogP contribution >= 0.6 is 0 Å². The molecule has 1 fully saturated rings. The molecule has 1 N–H and O–H groups in total. The van der Waals surface area contributed by atoms with Crippen LogP contribution in [0.1, 0.15) is 49.8 Å². The number of pyridine rings is 1. The fraction of sp³-hybridized carbons (Fsp3) is 0.324. The predicted octanol–water partition coefficient (Wildman–Crippen LogP) is 6.88.